The fraction of sp³-hybridized carbons (Fsp3) is 0.267. The molecule has 0 unspecified atom stereocenters. The predicted molar refractivity (Wildman–Crippen MR) is 95.7 cm³/mol. The molecule has 0 saturated carbocycles. The molecule has 2 rings (SSSR count). The van der Waals surface area contributed by atoms with Crippen LogP contribution in [-0.2, 0) is 16.4 Å². The molecule has 10 heteroatoms. The number of nitrogens with one attached hydrogen (secondary N) is 1. The summed E-state index contributed by atoms with van der Waals surface area (Å²) in [5, 5.41) is 2.55. The molecule has 0 radical (unpaired) electrons. The Morgan fingerprint density at radius 2 is 2.04 bits per heavy atom. The van der Waals surface area contributed by atoms with E-state index in [4.69, 9.17) is 10.5 Å². The largest absolute Gasteiger partial charge is 0.439 e. The van der Waals surface area contributed by atoms with Crippen LogP contribution in [0, 0.1) is 0 Å². The topological polar surface area (TPSA) is 124 Å². The van der Waals surface area contributed by atoms with Gasteiger partial charge in [0.1, 0.15) is 21.9 Å². The highest BCUT2D eigenvalue weighted by molar-refractivity contribution is 7.90. The Morgan fingerprint density at radius 1 is 1.28 bits per heavy atom. The lowest BCUT2D eigenvalue weighted by atomic mass is 10.2. The van der Waals surface area contributed by atoms with Gasteiger partial charge in [-0.25, -0.2) is 18.4 Å². The molecule has 2 aromatic rings. The number of carbonyl (C=O) groups excluding carboxylic acids is 1. The van der Waals surface area contributed by atoms with Gasteiger partial charge in [0.25, 0.3) is 5.91 Å². The summed E-state index contributed by atoms with van der Waals surface area (Å²) in [5.41, 5.74) is 6.50. The lowest BCUT2D eigenvalue weighted by Gasteiger charge is -2.08. The number of rotatable bonds is 7. The molecule has 0 fully saturated rings. The maximum atomic E-state index is 12.0. The quantitative estimate of drug-likeness (QED) is 0.724. The van der Waals surface area contributed by atoms with Crippen LogP contribution in [0.3, 0.4) is 0 Å². The van der Waals surface area contributed by atoms with Crippen molar-refractivity contribution >= 4 is 28.2 Å². The van der Waals surface area contributed by atoms with E-state index < -0.39 is 9.84 Å². The van der Waals surface area contributed by atoms with Gasteiger partial charge < -0.3 is 15.8 Å². The van der Waals surface area contributed by atoms with Gasteiger partial charge in [0.2, 0.25) is 5.88 Å². The van der Waals surface area contributed by atoms with Crippen molar-refractivity contribution in [2.75, 3.05) is 18.6 Å². The Bertz CT molecular complexity index is 830. The predicted octanol–water partition coefficient (Wildman–Crippen LogP) is 0.924. The van der Waals surface area contributed by atoms with E-state index in [0.29, 0.717) is 22.9 Å². The van der Waals surface area contributed by atoms with Crippen LogP contribution in [0.4, 0.5) is 0 Å². The van der Waals surface area contributed by atoms with E-state index in [9.17, 15) is 13.2 Å². The van der Waals surface area contributed by atoms with E-state index in [0.717, 1.165) is 6.26 Å². The van der Waals surface area contributed by atoms with Crippen LogP contribution in [0.25, 0.3) is 0 Å². The zero-order valence-electron chi connectivity index (χ0n) is 13.5. The minimum Gasteiger partial charge on any atom is -0.439 e. The second kappa shape index (κ2) is 9.30. The van der Waals surface area contributed by atoms with Crippen molar-refractivity contribution in [3.63, 3.8) is 0 Å². The van der Waals surface area contributed by atoms with Crippen LogP contribution in [-0.4, -0.2) is 42.8 Å². The fourth-order valence-corrected chi connectivity index (χ4v) is 2.29. The van der Waals surface area contributed by atoms with Crippen molar-refractivity contribution in [1.82, 2.24) is 15.3 Å². The Morgan fingerprint density at radius 3 is 2.72 bits per heavy atom. The first-order valence-corrected chi connectivity index (χ1v) is 9.18. The highest BCUT2D eigenvalue weighted by Crippen LogP contribution is 2.20. The summed E-state index contributed by atoms with van der Waals surface area (Å²) in [5.74, 6) is 0.250. The highest BCUT2D eigenvalue weighted by atomic mass is 35.5. The van der Waals surface area contributed by atoms with E-state index in [-0.39, 0.29) is 37.2 Å². The Kier molecular flexibility index (Phi) is 7.75. The molecule has 0 spiro atoms. The standard InChI is InChI=1S/C15H18N4O4S.ClH/c1-24(21,22)6-5-17-15(20)11-3-2-4-13(7-11)23-14-8-12(9-16)18-10-19-14;/h2-4,7-8,10H,5-6,9,16H2,1H3,(H,17,20);1H. The zero-order chi connectivity index (χ0) is 17.6. The molecule has 0 aliphatic rings. The molecular weight excluding hydrogens is 368 g/mol. The van der Waals surface area contributed by atoms with Crippen molar-refractivity contribution in [1.29, 1.82) is 0 Å². The molecular formula is C15H19ClN4O4S. The second-order valence-electron chi connectivity index (χ2n) is 5.07. The van der Waals surface area contributed by atoms with Gasteiger partial charge in [-0.2, -0.15) is 0 Å². The van der Waals surface area contributed by atoms with Gasteiger partial charge in [0, 0.05) is 31.0 Å². The fourth-order valence-electron chi connectivity index (χ4n) is 1.82. The smallest absolute Gasteiger partial charge is 0.251 e. The Labute approximate surface area is 152 Å². The van der Waals surface area contributed by atoms with E-state index in [2.05, 4.69) is 15.3 Å². The number of nitrogens with zero attached hydrogens (tertiary/aromatic N) is 2. The number of benzene rings is 1. The summed E-state index contributed by atoms with van der Waals surface area (Å²) in [6.45, 7) is 0.316. The molecule has 1 heterocycles. The summed E-state index contributed by atoms with van der Waals surface area (Å²) in [7, 11) is -3.12. The van der Waals surface area contributed by atoms with Gasteiger partial charge in [-0.05, 0) is 18.2 Å². The number of nitrogens with two attached hydrogens (primary N) is 1. The Balaban J connectivity index is 0.00000312. The van der Waals surface area contributed by atoms with Gasteiger partial charge in [0.15, 0.2) is 0 Å². The highest BCUT2D eigenvalue weighted by Gasteiger charge is 2.09. The molecule has 0 bridgehead atoms. The maximum absolute atomic E-state index is 12.0. The maximum Gasteiger partial charge on any atom is 0.251 e. The second-order valence-corrected chi connectivity index (χ2v) is 7.33. The van der Waals surface area contributed by atoms with Crippen LogP contribution in [0.2, 0.25) is 0 Å². The molecule has 1 aromatic carbocycles. The summed E-state index contributed by atoms with van der Waals surface area (Å²) in [6, 6.07) is 8.09. The molecule has 0 aliphatic carbocycles. The van der Waals surface area contributed by atoms with Gasteiger partial charge in [0.05, 0.1) is 11.4 Å². The third kappa shape index (κ3) is 7.04. The third-order valence-electron chi connectivity index (χ3n) is 2.98. The first kappa shape index (κ1) is 20.8. The van der Waals surface area contributed by atoms with Gasteiger partial charge in [-0.3, -0.25) is 4.79 Å². The minimum atomic E-state index is -3.12. The number of carbonyl (C=O) groups is 1. The molecule has 0 saturated heterocycles. The summed E-state index contributed by atoms with van der Waals surface area (Å²) >= 11 is 0. The molecule has 0 atom stereocenters. The average molecular weight is 387 g/mol. The van der Waals surface area contributed by atoms with Crippen molar-refractivity contribution in [3.05, 3.63) is 47.9 Å². The number of ether oxygens (including phenoxy) is 1. The first-order chi connectivity index (χ1) is 11.4. The molecule has 3 N–H and O–H groups in total. The van der Waals surface area contributed by atoms with Crippen LogP contribution in [0.15, 0.2) is 36.7 Å². The minimum absolute atomic E-state index is 0. The van der Waals surface area contributed by atoms with Crippen LogP contribution in [0.1, 0.15) is 16.1 Å². The SMILES string of the molecule is CS(=O)(=O)CCNC(=O)c1cccc(Oc2cc(CN)ncn2)c1.Cl. The number of hydrogen-bond donors (Lipinski definition) is 2. The van der Waals surface area contributed by atoms with Crippen molar-refractivity contribution in [2.24, 2.45) is 5.73 Å². The molecule has 25 heavy (non-hydrogen) atoms. The lowest BCUT2D eigenvalue weighted by molar-refractivity contribution is 0.0956. The van der Waals surface area contributed by atoms with Crippen LogP contribution < -0.4 is 15.8 Å². The summed E-state index contributed by atoms with van der Waals surface area (Å²) < 4.78 is 27.7. The first-order valence-electron chi connectivity index (χ1n) is 7.12. The number of aromatic nitrogens is 2. The van der Waals surface area contributed by atoms with E-state index in [1.54, 1.807) is 30.3 Å². The van der Waals surface area contributed by atoms with E-state index in [1.165, 1.54) is 6.33 Å². The van der Waals surface area contributed by atoms with Crippen molar-refractivity contribution in [3.8, 4) is 11.6 Å². The number of amides is 1. The van der Waals surface area contributed by atoms with Crippen molar-refractivity contribution < 1.29 is 17.9 Å². The third-order valence-corrected chi connectivity index (χ3v) is 3.93. The van der Waals surface area contributed by atoms with E-state index in [1.807, 2.05) is 0 Å². The van der Waals surface area contributed by atoms with Crippen molar-refractivity contribution in [2.45, 2.75) is 6.54 Å². The van der Waals surface area contributed by atoms with Crippen LogP contribution in [0.5, 0.6) is 11.6 Å². The number of sulfone groups is 1. The normalized spacial score (nSPS) is 10.6. The summed E-state index contributed by atoms with van der Waals surface area (Å²) in [6.07, 6.45) is 2.46. The van der Waals surface area contributed by atoms with Gasteiger partial charge in [-0.1, -0.05) is 6.07 Å². The van der Waals surface area contributed by atoms with Crippen LogP contribution >= 0.6 is 12.4 Å². The molecule has 1 aromatic heterocycles. The molecule has 136 valence electrons. The lowest BCUT2D eigenvalue weighted by Crippen LogP contribution is -2.28. The monoisotopic (exact) mass is 386 g/mol. The Hall–Kier alpha value is -2.23. The van der Waals surface area contributed by atoms with E-state index >= 15 is 0 Å². The molecule has 1 amide bonds. The van der Waals surface area contributed by atoms with Gasteiger partial charge >= 0.3 is 0 Å². The molecule has 8 nitrogen and oxygen atoms in total. The average Bonchev–Trinajstić information content (AvgIpc) is 2.54. The summed E-state index contributed by atoms with van der Waals surface area (Å²) in [4.78, 5) is 20.0. The van der Waals surface area contributed by atoms with Gasteiger partial charge in [-0.15, -0.1) is 12.4 Å². The number of halogens is 1. The molecule has 0 aliphatic heterocycles. The zero-order valence-corrected chi connectivity index (χ0v) is 15.1. The number of hydrogen-bond acceptors (Lipinski definition) is 7.